The van der Waals surface area contributed by atoms with E-state index in [0.717, 1.165) is 31.6 Å². The molecule has 4 rings (SSSR count). The Balaban J connectivity index is 1.38. The van der Waals surface area contributed by atoms with Crippen LogP contribution in [0.3, 0.4) is 0 Å². The molecule has 0 unspecified atom stereocenters. The molecule has 0 atom stereocenters. The summed E-state index contributed by atoms with van der Waals surface area (Å²) in [6.07, 6.45) is 1.79. The van der Waals surface area contributed by atoms with Crippen LogP contribution in [0, 0.1) is 0 Å². The first-order valence-electron chi connectivity index (χ1n) is 9.97. The topological polar surface area (TPSA) is 83.6 Å². The lowest BCUT2D eigenvalue weighted by atomic mass is 10.1. The van der Waals surface area contributed by atoms with Gasteiger partial charge in [0.1, 0.15) is 0 Å². The molecule has 162 valence electrons. The van der Waals surface area contributed by atoms with Crippen LogP contribution in [0.4, 0.5) is 17.1 Å². The molecule has 0 aliphatic carbocycles. The van der Waals surface area contributed by atoms with Gasteiger partial charge in [-0.3, -0.25) is 4.79 Å². The predicted molar refractivity (Wildman–Crippen MR) is 136 cm³/mol. The summed E-state index contributed by atoms with van der Waals surface area (Å²) in [7, 11) is 3.89. The fourth-order valence-corrected chi connectivity index (χ4v) is 4.98. The molecule has 0 aliphatic rings. The van der Waals surface area contributed by atoms with E-state index in [-0.39, 0.29) is 5.91 Å². The van der Waals surface area contributed by atoms with Crippen molar-refractivity contribution in [2.24, 2.45) is 4.99 Å². The number of carbonyl (C=O) groups is 1. The average Bonchev–Trinajstić information content (AvgIpc) is 3.20. The van der Waals surface area contributed by atoms with Crippen LogP contribution in [0.5, 0.6) is 0 Å². The number of fused-ring (bicyclic) bond motifs is 1. The number of nitrogens with zero attached hydrogens (tertiary/aromatic N) is 3. The van der Waals surface area contributed by atoms with Crippen LogP contribution < -0.4 is 11.1 Å². The number of aromatic nitrogens is 1. The highest BCUT2D eigenvalue weighted by Gasteiger charge is 2.09. The first-order chi connectivity index (χ1) is 15.5. The predicted octanol–water partition coefficient (Wildman–Crippen LogP) is 5.64. The van der Waals surface area contributed by atoms with Gasteiger partial charge in [0.15, 0.2) is 4.34 Å². The first kappa shape index (κ1) is 21.9. The molecule has 6 nitrogen and oxygen atoms in total. The van der Waals surface area contributed by atoms with Gasteiger partial charge in [0.25, 0.3) is 5.91 Å². The van der Waals surface area contributed by atoms with E-state index in [4.69, 9.17) is 10.7 Å². The number of nitrogens with one attached hydrogen (secondary N) is 1. The van der Waals surface area contributed by atoms with Crippen molar-refractivity contribution in [3.63, 3.8) is 0 Å². The fraction of sp³-hybridized carbons (Fsp3) is 0.125. The Morgan fingerprint density at radius 3 is 2.69 bits per heavy atom. The van der Waals surface area contributed by atoms with Crippen molar-refractivity contribution < 1.29 is 4.79 Å². The van der Waals surface area contributed by atoms with Gasteiger partial charge in [-0.25, -0.2) is 9.98 Å². The van der Waals surface area contributed by atoms with E-state index in [1.165, 1.54) is 0 Å². The highest BCUT2D eigenvalue weighted by atomic mass is 32.2. The second-order valence-corrected chi connectivity index (χ2v) is 9.62. The highest BCUT2D eigenvalue weighted by Crippen LogP contribution is 2.33. The van der Waals surface area contributed by atoms with Crippen LogP contribution in [0.2, 0.25) is 0 Å². The van der Waals surface area contributed by atoms with Crippen LogP contribution in [0.1, 0.15) is 15.9 Å². The van der Waals surface area contributed by atoms with E-state index in [1.54, 1.807) is 41.6 Å². The smallest absolute Gasteiger partial charge is 0.255 e. The zero-order valence-corrected chi connectivity index (χ0v) is 19.4. The Morgan fingerprint density at radius 1 is 1.16 bits per heavy atom. The summed E-state index contributed by atoms with van der Waals surface area (Å²) in [6, 6.07) is 20.9. The Bertz CT molecular complexity index is 1270. The molecule has 1 heterocycles. The zero-order valence-electron chi connectivity index (χ0n) is 17.8. The third-order valence-corrected chi connectivity index (χ3v) is 6.81. The molecule has 0 saturated heterocycles. The number of carbonyl (C=O) groups excluding carboxylic acids is 1. The summed E-state index contributed by atoms with van der Waals surface area (Å²) >= 11 is 3.35. The maximum absolute atomic E-state index is 12.5. The number of thiazole rings is 1. The van der Waals surface area contributed by atoms with E-state index in [0.29, 0.717) is 16.9 Å². The summed E-state index contributed by atoms with van der Waals surface area (Å²) in [4.78, 5) is 23.5. The Morgan fingerprint density at radius 2 is 1.94 bits per heavy atom. The quantitative estimate of drug-likeness (QED) is 0.161. The normalized spacial score (nSPS) is 11.2. The lowest BCUT2D eigenvalue weighted by molar-refractivity contribution is 0.102. The van der Waals surface area contributed by atoms with Crippen molar-refractivity contribution in [2.75, 3.05) is 25.1 Å². The number of para-hydroxylation sites is 2. The van der Waals surface area contributed by atoms with Crippen molar-refractivity contribution in [3.8, 4) is 0 Å². The molecule has 4 aromatic rings. The minimum atomic E-state index is -0.180. The number of thioether (sulfide) groups is 1. The van der Waals surface area contributed by atoms with Crippen molar-refractivity contribution >= 4 is 62.6 Å². The molecule has 0 radical (unpaired) electrons. The molecule has 8 heteroatoms. The van der Waals surface area contributed by atoms with Gasteiger partial charge in [-0.15, -0.1) is 11.3 Å². The number of hydrogen-bond donors (Lipinski definition) is 2. The number of aliphatic imine (C=N–C) groups is 1. The summed E-state index contributed by atoms with van der Waals surface area (Å²) in [5.41, 5.74) is 10.7. The molecule has 32 heavy (non-hydrogen) atoms. The van der Waals surface area contributed by atoms with Crippen LogP contribution in [0.25, 0.3) is 10.2 Å². The van der Waals surface area contributed by atoms with Crippen LogP contribution in [-0.4, -0.2) is 36.2 Å². The number of nitrogens with two attached hydrogens (primary N) is 1. The third-order valence-electron chi connectivity index (χ3n) is 4.58. The summed E-state index contributed by atoms with van der Waals surface area (Å²) in [5.74, 6) is 0.597. The summed E-state index contributed by atoms with van der Waals surface area (Å²) in [5, 5.41) is 2.85. The molecule has 0 saturated carbocycles. The van der Waals surface area contributed by atoms with Crippen molar-refractivity contribution in [1.29, 1.82) is 0 Å². The summed E-state index contributed by atoms with van der Waals surface area (Å²) < 4.78 is 2.13. The van der Waals surface area contributed by atoms with Crippen molar-refractivity contribution in [3.05, 3.63) is 77.9 Å². The zero-order chi connectivity index (χ0) is 22.5. The van der Waals surface area contributed by atoms with Gasteiger partial charge in [-0.2, -0.15) is 0 Å². The van der Waals surface area contributed by atoms with Gasteiger partial charge in [0.05, 0.1) is 33.6 Å². The number of benzene rings is 3. The number of hydrogen-bond acceptors (Lipinski definition) is 6. The van der Waals surface area contributed by atoms with Gasteiger partial charge in [0.2, 0.25) is 0 Å². The van der Waals surface area contributed by atoms with Crippen LogP contribution in [0.15, 0.2) is 76.1 Å². The molecule has 1 amide bonds. The van der Waals surface area contributed by atoms with E-state index in [9.17, 15) is 4.79 Å². The minimum absolute atomic E-state index is 0.180. The van der Waals surface area contributed by atoms with Crippen molar-refractivity contribution in [1.82, 2.24) is 9.88 Å². The van der Waals surface area contributed by atoms with Gasteiger partial charge >= 0.3 is 0 Å². The summed E-state index contributed by atoms with van der Waals surface area (Å²) in [6.45, 7) is 0. The number of anilines is 2. The minimum Gasteiger partial charge on any atom is -0.397 e. The number of amides is 1. The average molecular weight is 462 g/mol. The first-order valence-corrected chi connectivity index (χ1v) is 11.8. The molecule has 0 spiro atoms. The van der Waals surface area contributed by atoms with Gasteiger partial charge in [-0.05, 0) is 48.0 Å². The molecular formula is C24H23N5OS2. The van der Waals surface area contributed by atoms with E-state index >= 15 is 0 Å². The maximum Gasteiger partial charge on any atom is 0.255 e. The molecule has 0 bridgehead atoms. The SMILES string of the molecule is CN(C)C=Nc1ccc2nc(SCc3ccc(C(=O)Nc4ccccc4N)cc3)sc2c1. The second-order valence-electron chi connectivity index (χ2n) is 7.37. The van der Waals surface area contributed by atoms with Crippen LogP contribution >= 0.6 is 23.1 Å². The van der Waals surface area contributed by atoms with Gasteiger partial charge in [-0.1, -0.05) is 36.0 Å². The standard InChI is InChI=1S/C24H23N5OS2/c1-29(2)15-26-18-11-12-21-22(13-18)32-24(28-21)31-14-16-7-9-17(10-8-16)23(30)27-20-6-4-3-5-19(20)25/h3-13,15H,14,25H2,1-2H3,(H,27,30). The Hall–Kier alpha value is -3.36. The molecular weight excluding hydrogens is 438 g/mol. The van der Waals surface area contributed by atoms with E-state index in [1.807, 2.05) is 67.5 Å². The molecule has 0 fully saturated rings. The molecule has 1 aromatic heterocycles. The molecule has 3 aromatic carbocycles. The number of rotatable bonds is 7. The lowest BCUT2D eigenvalue weighted by Gasteiger charge is -2.08. The van der Waals surface area contributed by atoms with Crippen LogP contribution in [-0.2, 0) is 5.75 Å². The monoisotopic (exact) mass is 461 g/mol. The third kappa shape index (κ3) is 5.46. The van der Waals surface area contributed by atoms with Gasteiger partial charge in [0, 0.05) is 25.4 Å². The maximum atomic E-state index is 12.5. The lowest BCUT2D eigenvalue weighted by Crippen LogP contribution is -2.13. The Labute approximate surface area is 195 Å². The number of nitrogen functional groups attached to an aromatic ring is 1. The van der Waals surface area contributed by atoms with E-state index < -0.39 is 0 Å². The molecule has 0 aliphatic heterocycles. The van der Waals surface area contributed by atoms with Crippen molar-refractivity contribution in [2.45, 2.75) is 10.1 Å². The largest absolute Gasteiger partial charge is 0.397 e. The second kappa shape index (κ2) is 9.84. The fourth-order valence-electron chi connectivity index (χ4n) is 2.92. The van der Waals surface area contributed by atoms with Gasteiger partial charge < -0.3 is 16.0 Å². The van der Waals surface area contributed by atoms with E-state index in [2.05, 4.69) is 16.4 Å². The molecule has 3 N–H and O–H groups in total. The highest BCUT2D eigenvalue weighted by molar-refractivity contribution is 8.00. The Kier molecular flexibility index (Phi) is 6.72.